The van der Waals surface area contributed by atoms with Gasteiger partial charge in [0.15, 0.2) is 0 Å². The van der Waals surface area contributed by atoms with Gasteiger partial charge in [-0.25, -0.2) is 0 Å². The molecule has 0 fully saturated rings. The second-order valence-corrected chi connectivity index (χ2v) is 3.52. The average molecular weight is 233 g/mol. The van der Waals surface area contributed by atoms with E-state index in [9.17, 15) is 13.2 Å². The normalized spacial score (nSPS) is 11.6. The summed E-state index contributed by atoms with van der Waals surface area (Å²) in [7, 11) is 0. The van der Waals surface area contributed by atoms with E-state index in [1.54, 1.807) is 0 Å². The number of halogens is 3. The van der Waals surface area contributed by atoms with Gasteiger partial charge in [-0.15, -0.1) is 13.2 Å². The fourth-order valence-corrected chi connectivity index (χ4v) is 1.21. The number of ether oxygens (including phenoxy) is 1. The highest BCUT2D eigenvalue weighted by Gasteiger charge is 2.28. The Bertz CT molecular complexity index is 350. The van der Waals surface area contributed by atoms with Gasteiger partial charge in [0.2, 0.25) is 0 Å². The molecule has 1 aromatic carbocycles. The molecular formula is C11H14F3NO. The Kier molecular flexibility index (Phi) is 4.18. The highest BCUT2D eigenvalue weighted by atomic mass is 19.4. The molecule has 0 bridgehead atoms. The van der Waals surface area contributed by atoms with Crippen LogP contribution < -0.4 is 5.32 Å². The molecule has 0 aliphatic rings. The summed E-state index contributed by atoms with van der Waals surface area (Å²) in [5.74, 6) is 0. The molecule has 0 unspecified atom stereocenters. The van der Waals surface area contributed by atoms with Gasteiger partial charge < -0.3 is 5.32 Å². The summed E-state index contributed by atoms with van der Waals surface area (Å²) in [5.41, 5.74) is 3.05. The second-order valence-electron chi connectivity index (χ2n) is 3.52. The Hall–Kier alpha value is -1.23. The lowest BCUT2D eigenvalue weighted by Gasteiger charge is -2.10. The van der Waals surface area contributed by atoms with Gasteiger partial charge in [0.1, 0.15) is 0 Å². The van der Waals surface area contributed by atoms with Crippen LogP contribution in [0.5, 0.6) is 0 Å². The molecule has 0 radical (unpaired) electrons. The third-order valence-corrected chi connectivity index (χ3v) is 2.20. The number of hydrogen-bond acceptors (Lipinski definition) is 2. The molecule has 1 rings (SSSR count). The van der Waals surface area contributed by atoms with Crippen molar-refractivity contribution in [2.75, 3.05) is 18.5 Å². The smallest absolute Gasteiger partial charge is 0.383 e. The van der Waals surface area contributed by atoms with E-state index < -0.39 is 13.0 Å². The van der Waals surface area contributed by atoms with Crippen LogP contribution in [0.1, 0.15) is 11.1 Å². The molecule has 5 heteroatoms. The van der Waals surface area contributed by atoms with E-state index in [-0.39, 0.29) is 6.54 Å². The lowest BCUT2D eigenvalue weighted by atomic mass is 10.1. The molecule has 1 aromatic rings. The fraction of sp³-hybridized carbons (Fsp3) is 0.455. The lowest BCUT2D eigenvalue weighted by molar-refractivity contribution is -0.322. The number of aryl methyl sites for hydroxylation is 2. The van der Waals surface area contributed by atoms with Crippen molar-refractivity contribution in [1.82, 2.24) is 0 Å². The van der Waals surface area contributed by atoms with E-state index in [0.717, 1.165) is 16.8 Å². The summed E-state index contributed by atoms with van der Waals surface area (Å²) in [4.78, 5) is 0. The topological polar surface area (TPSA) is 21.3 Å². The van der Waals surface area contributed by atoms with E-state index in [4.69, 9.17) is 0 Å². The summed E-state index contributed by atoms with van der Waals surface area (Å²) in [6.07, 6.45) is -4.55. The van der Waals surface area contributed by atoms with Crippen molar-refractivity contribution in [3.05, 3.63) is 29.3 Å². The van der Waals surface area contributed by atoms with Gasteiger partial charge in [0.25, 0.3) is 0 Å². The standard InChI is InChI=1S/C11H14F3NO/c1-8-3-4-10(7-9(8)2)15-5-6-16-11(12,13)14/h3-4,7,15H,5-6H2,1-2H3. The number of nitrogens with one attached hydrogen (secondary N) is 1. The zero-order valence-corrected chi connectivity index (χ0v) is 9.19. The van der Waals surface area contributed by atoms with Crippen molar-refractivity contribution < 1.29 is 17.9 Å². The lowest BCUT2D eigenvalue weighted by Crippen LogP contribution is -2.19. The van der Waals surface area contributed by atoms with Gasteiger partial charge in [-0.2, -0.15) is 0 Å². The summed E-state index contributed by atoms with van der Waals surface area (Å²) in [6.45, 7) is 3.66. The molecule has 0 saturated heterocycles. The largest absolute Gasteiger partial charge is 0.522 e. The van der Waals surface area contributed by atoms with Crippen LogP contribution in [0.4, 0.5) is 18.9 Å². The molecule has 0 heterocycles. The predicted octanol–water partition coefficient (Wildman–Crippen LogP) is 3.25. The first-order valence-corrected chi connectivity index (χ1v) is 4.90. The van der Waals surface area contributed by atoms with Gasteiger partial charge in [-0.1, -0.05) is 6.07 Å². The molecule has 0 aliphatic carbocycles. The van der Waals surface area contributed by atoms with Crippen molar-refractivity contribution in [2.45, 2.75) is 20.2 Å². The zero-order valence-electron chi connectivity index (χ0n) is 9.19. The first-order chi connectivity index (χ1) is 7.38. The Morgan fingerprint density at radius 2 is 1.88 bits per heavy atom. The minimum Gasteiger partial charge on any atom is -0.383 e. The van der Waals surface area contributed by atoms with Crippen LogP contribution in [0, 0.1) is 13.8 Å². The highest BCUT2D eigenvalue weighted by molar-refractivity contribution is 5.47. The maximum absolute atomic E-state index is 11.6. The molecule has 0 atom stereocenters. The molecule has 1 N–H and O–H groups in total. The highest BCUT2D eigenvalue weighted by Crippen LogP contribution is 2.16. The van der Waals surface area contributed by atoms with Crippen LogP contribution in [0.25, 0.3) is 0 Å². The zero-order chi connectivity index (χ0) is 12.2. The monoisotopic (exact) mass is 233 g/mol. The molecule has 0 aliphatic heterocycles. The van der Waals surface area contributed by atoms with Crippen LogP contribution in [0.3, 0.4) is 0 Å². The first kappa shape index (κ1) is 12.8. The van der Waals surface area contributed by atoms with Crippen LogP contribution in [0.15, 0.2) is 18.2 Å². The number of hydrogen-bond donors (Lipinski definition) is 1. The van der Waals surface area contributed by atoms with Crippen LogP contribution in [-0.4, -0.2) is 19.5 Å². The Labute approximate surface area is 92.4 Å². The Morgan fingerprint density at radius 1 is 1.19 bits per heavy atom. The minimum absolute atomic E-state index is 0.127. The second kappa shape index (κ2) is 5.21. The van der Waals surface area contributed by atoms with Crippen molar-refractivity contribution in [1.29, 1.82) is 0 Å². The van der Waals surface area contributed by atoms with Crippen molar-refractivity contribution in [2.24, 2.45) is 0 Å². The molecule has 0 aromatic heterocycles. The molecule has 0 saturated carbocycles. The predicted molar refractivity (Wildman–Crippen MR) is 56.4 cm³/mol. The summed E-state index contributed by atoms with van der Waals surface area (Å²) in [5, 5.41) is 2.86. The van der Waals surface area contributed by atoms with Gasteiger partial charge in [-0.3, -0.25) is 4.74 Å². The fourth-order valence-electron chi connectivity index (χ4n) is 1.21. The van der Waals surface area contributed by atoms with Gasteiger partial charge in [0, 0.05) is 12.2 Å². The summed E-state index contributed by atoms with van der Waals surface area (Å²) in [6, 6.07) is 5.64. The van der Waals surface area contributed by atoms with Gasteiger partial charge in [-0.05, 0) is 37.1 Å². The average Bonchev–Trinajstić information content (AvgIpc) is 2.17. The number of anilines is 1. The molecule has 0 spiro atoms. The van der Waals surface area contributed by atoms with E-state index in [1.807, 2.05) is 32.0 Å². The van der Waals surface area contributed by atoms with E-state index >= 15 is 0 Å². The van der Waals surface area contributed by atoms with Gasteiger partial charge >= 0.3 is 6.36 Å². The molecule has 2 nitrogen and oxygen atoms in total. The molecular weight excluding hydrogens is 219 g/mol. The van der Waals surface area contributed by atoms with Crippen molar-refractivity contribution in [3.63, 3.8) is 0 Å². The van der Waals surface area contributed by atoms with E-state index in [1.165, 1.54) is 0 Å². The Balaban J connectivity index is 2.35. The maximum atomic E-state index is 11.6. The minimum atomic E-state index is -4.55. The maximum Gasteiger partial charge on any atom is 0.522 e. The summed E-state index contributed by atoms with van der Waals surface area (Å²) < 4.78 is 38.6. The van der Waals surface area contributed by atoms with Crippen LogP contribution in [-0.2, 0) is 4.74 Å². The van der Waals surface area contributed by atoms with Gasteiger partial charge in [0.05, 0.1) is 6.61 Å². The number of alkyl halides is 3. The SMILES string of the molecule is Cc1ccc(NCCOC(F)(F)F)cc1C. The number of rotatable bonds is 4. The van der Waals surface area contributed by atoms with Crippen LogP contribution in [0.2, 0.25) is 0 Å². The Morgan fingerprint density at radius 3 is 2.44 bits per heavy atom. The van der Waals surface area contributed by atoms with Crippen molar-refractivity contribution >= 4 is 5.69 Å². The first-order valence-electron chi connectivity index (χ1n) is 4.90. The molecule has 16 heavy (non-hydrogen) atoms. The van der Waals surface area contributed by atoms with Crippen molar-refractivity contribution in [3.8, 4) is 0 Å². The third kappa shape index (κ3) is 4.53. The van der Waals surface area contributed by atoms with E-state index in [2.05, 4.69) is 10.1 Å². The summed E-state index contributed by atoms with van der Waals surface area (Å²) >= 11 is 0. The van der Waals surface area contributed by atoms with Crippen LogP contribution >= 0.6 is 0 Å². The quantitative estimate of drug-likeness (QED) is 0.806. The molecule has 90 valence electrons. The third-order valence-electron chi connectivity index (χ3n) is 2.20. The molecule has 0 amide bonds. The van der Waals surface area contributed by atoms with E-state index in [0.29, 0.717) is 0 Å². The number of benzene rings is 1.